The molecule has 0 spiro atoms. The first-order valence-electron chi connectivity index (χ1n) is 7.22. The van der Waals surface area contributed by atoms with Crippen molar-refractivity contribution in [3.05, 3.63) is 18.3 Å². The SMILES string of the molecule is COc1ccc(NC(=O)C2(CN)CCCCCC2)cn1. The van der Waals surface area contributed by atoms with E-state index in [0.717, 1.165) is 25.7 Å². The monoisotopic (exact) mass is 277 g/mol. The van der Waals surface area contributed by atoms with Gasteiger partial charge in [-0.25, -0.2) is 4.98 Å². The van der Waals surface area contributed by atoms with Crippen molar-refractivity contribution in [1.82, 2.24) is 4.98 Å². The van der Waals surface area contributed by atoms with E-state index in [1.165, 1.54) is 12.8 Å². The van der Waals surface area contributed by atoms with Crippen LogP contribution in [0.4, 0.5) is 5.69 Å². The van der Waals surface area contributed by atoms with E-state index in [9.17, 15) is 4.79 Å². The van der Waals surface area contributed by atoms with E-state index in [-0.39, 0.29) is 5.91 Å². The van der Waals surface area contributed by atoms with Gasteiger partial charge < -0.3 is 15.8 Å². The number of carbonyl (C=O) groups is 1. The van der Waals surface area contributed by atoms with Crippen LogP contribution in [0.15, 0.2) is 18.3 Å². The second-order valence-corrected chi connectivity index (χ2v) is 5.44. The third kappa shape index (κ3) is 3.28. The van der Waals surface area contributed by atoms with Gasteiger partial charge >= 0.3 is 0 Å². The summed E-state index contributed by atoms with van der Waals surface area (Å²) < 4.78 is 5.00. The summed E-state index contributed by atoms with van der Waals surface area (Å²) in [6, 6.07) is 3.53. The highest BCUT2D eigenvalue weighted by Crippen LogP contribution is 2.35. The Labute approximate surface area is 119 Å². The summed E-state index contributed by atoms with van der Waals surface area (Å²) in [5.74, 6) is 0.555. The molecule has 1 saturated carbocycles. The van der Waals surface area contributed by atoms with E-state index in [1.54, 1.807) is 25.4 Å². The minimum Gasteiger partial charge on any atom is -0.481 e. The lowest BCUT2D eigenvalue weighted by Crippen LogP contribution is -2.42. The molecular weight excluding hydrogens is 254 g/mol. The smallest absolute Gasteiger partial charge is 0.231 e. The Morgan fingerprint density at radius 3 is 2.55 bits per heavy atom. The van der Waals surface area contributed by atoms with Crippen molar-refractivity contribution >= 4 is 11.6 Å². The van der Waals surface area contributed by atoms with E-state index in [4.69, 9.17) is 10.5 Å². The van der Waals surface area contributed by atoms with Gasteiger partial charge in [0, 0.05) is 12.6 Å². The Morgan fingerprint density at radius 2 is 2.05 bits per heavy atom. The van der Waals surface area contributed by atoms with Gasteiger partial charge in [-0.05, 0) is 18.9 Å². The molecule has 1 fully saturated rings. The molecule has 0 saturated heterocycles. The molecule has 1 heterocycles. The number of hydrogen-bond acceptors (Lipinski definition) is 4. The van der Waals surface area contributed by atoms with Crippen LogP contribution in [0.2, 0.25) is 0 Å². The number of amides is 1. The van der Waals surface area contributed by atoms with Crippen LogP contribution in [0.3, 0.4) is 0 Å². The van der Waals surface area contributed by atoms with Crippen molar-refractivity contribution in [2.24, 2.45) is 11.1 Å². The van der Waals surface area contributed by atoms with Gasteiger partial charge in [0.05, 0.1) is 24.4 Å². The van der Waals surface area contributed by atoms with Crippen LogP contribution >= 0.6 is 0 Å². The number of hydrogen-bond donors (Lipinski definition) is 2. The van der Waals surface area contributed by atoms with Gasteiger partial charge in [-0.2, -0.15) is 0 Å². The molecule has 0 aromatic carbocycles. The minimum absolute atomic E-state index is 0.0221. The average molecular weight is 277 g/mol. The molecule has 1 aliphatic carbocycles. The number of ether oxygens (including phenoxy) is 1. The fraction of sp³-hybridized carbons (Fsp3) is 0.600. The van der Waals surface area contributed by atoms with Gasteiger partial charge in [-0.1, -0.05) is 25.7 Å². The number of nitrogens with zero attached hydrogens (tertiary/aromatic N) is 1. The Kier molecular flexibility index (Phi) is 4.95. The first kappa shape index (κ1) is 14.8. The van der Waals surface area contributed by atoms with Gasteiger partial charge in [-0.15, -0.1) is 0 Å². The maximum atomic E-state index is 12.6. The van der Waals surface area contributed by atoms with Crippen molar-refractivity contribution in [2.45, 2.75) is 38.5 Å². The van der Waals surface area contributed by atoms with Crippen LogP contribution in [0, 0.1) is 5.41 Å². The maximum Gasteiger partial charge on any atom is 0.231 e. The fourth-order valence-electron chi connectivity index (χ4n) is 2.77. The topological polar surface area (TPSA) is 77.2 Å². The largest absolute Gasteiger partial charge is 0.481 e. The lowest BCUT2D eigenvalue weighted by Gasteiger charge is -2.29. The molecule has 0 aliphatic heterocycles. The highest BCUT2D eigenvalue weighted by molar-refractivity contribution is 5.95. The summed E-state index contributed by atoms with van der Waals surface area (Å²) in [6.45, 7) is 0.405. The normalized spacial score (nSPS) is 18.1. The summed E-state index contributed by atoms with van der Waals surface area (Å²) in [5, 5.41) is 2.95. The average Bonchev–Trinajstić information content (AvgIpc) is 2.74. The van der Waals surface area contributed by atoms with Crippen LogP contribution in [0.5, 0.6) is 5.88 Å². The molecule has 0 atom stereocenters. The summed E-state index contributed by atoms with van der Waals surface area (Å²) in [7, 11) is 1.57. The molecule has 3 N–H and O–H groups in total. The zero-order valence-electron chi connectivity index (χ0n) is 12.0. The number of carbonyl (C=O) groups excluding carboxylic acids is 1. The van der Waals surface area contributed by atoms with Crippen LogP contribution in [-0.4, -0.2) is 24.5 Å². The van der Waals surface area contributed by atoms with Gasteiger partial charge in [0.25, 0.3) is 0 Å². The molecule has 5 nitrogen and oxygen atoms in total. The Balaban J connectivity index is 2.07. The minimum atomic E-state index is -0.420. The molecule has 0 radical (unpaired) electrons. The summed E-state index contributed by atoms with van der Waals surface area (Å²) >= 11 is 0. The fourth-order valence-corrected chi connectivity index (χ4v) is 2.77. The first-order chi connectivity index (χ1) is 9.70. The highest BCUT2D eigenvalue weighted by Gasteiger charge is 2.37. The predicted molar refractivity (Wildman–Crippen MR) is 78.6 cm³/mol. The number of nitrogens with one attached hydrogen (secondary N) is 1. The molecule has 1 aromatic rings. The van der Waals surface area contributed by atoms with Crippen molar-refractivity contribution in [1.29, 1.82) is 0 Å². The molecule has 2 rings (SSSR count). The van der Waals surface area contributed by atoms with Crippen LogP contribution < -0.4 is 15.8 Å². The van der Waals surface area contributed by atoms with E-state index in [2.05, 4.69) is 10.3 Å². The van der Waals surface area contributed by atoms with Crippen LogP contribution in [0.1, 0.15) is 38.5 Å². The third-order valence-electron chi connectivity index (χ3n) is 4.14. The lowest BCUT2D eigenvalue weighted by molar-refractivity contribution is -0.125. The molecule has 1 amide bonds. The number of aromatic nitrogens is 1. The standard InChI is InChI=1S/C15H23N3O2/c1-20-13-7-6-12(10-17-13)18-14(19)15(11-16)8-4-2-3-5-9-15/h6-7,10H,2-5,8-9,11,16H2,1H3,(H,18,19). The molecular formula is C15H23N3O2. The van der Waals surface area contributed by atoms with Gasteiger partial charge in [0.2, 0.25) is 11.8 Å². The zero-order valence-corrected chi connectivity index (χ0v) is 12.0. The number of rotatable bonds is 4. The predicted octanol–water partition coefficient (Wildman–Crippen LogP) is 2.33. The molecule has 110 valence electrons. The summed E-state index contributed by atoms with van der Waals surface area (Å²) in [4.78, 5) is 16.7. The van der Waals surface area contributed by atoms with Crippen LogP contribution in [-0.2, 0) is 4.79 Å². The van der Waals surface area contributed by atoms with Gasteiger partial charge in [-0.3, -0.25) is 4.79 Å². The third-order valence-corrected chi connectivity index (χ3v) is 4.14. The summed E-state index contributed by atoms with van der Waals surface area (Å²) in [5.41, 5.74) is 6.18. The highest BCUT2D eigenvalue weighted by atomic mass is 16.5. The van der Waals surface area contributed by atoms with Crippen molar-refractivity contribution < 1.29 is 9.53 Å². The second-order valence-electron chi connectivity index (χ2n) is 5.44. The second kappa shape index (κ2) is 6.70. The first-order valence-corrected chi connectivity index (χ1v) is 7.22. The van der Waals surface area contributed by atoms with E-state index >= 15 is 0 Å². The van der Waals surface area contributed by atoms with Gasteiger partial charge in [0.1, 0.15) is 0 Å². The molecule has 1 aliphatic rings. The lowest BCUT2D eigenvalue weighted by atomic mass is 9.79. The number of nitrogens with two attached hydrogens (primary N) is 1. The van der Waals surface area contributed by atoms with Gasteiger partial charge in [0.15, 0.2) is 0 Å². The Hall–Kier alpha value is -1.62. The van der Waals surface area contributed by atoms with Crippen molar-refractivity contribution in [3.8, 4) is 5.88 Å². The molecule has 0 bridgehead atoms. The van der Waals surface area contributed by atoms with E-state index < -0.39 is 5.41 Å². The van der Waals surface area contributed by atoms with Crippen molar-refractivity contribution in [2.75, 3.05) is 19.0 Å². The molecule has 1 aromatic heterocycles. The molecule has 0 unspecified atom stereocenters. The number of anilines is 1. The molecule has 5 heteroatoms. The molecule has 20 heavy (non-hydrogen) atoms. The number of methoxy groups -OCH3 is 1. The van der Waals surface area contributed by atoms with E-state index in [1.807, 2.05) is 0 Å². The number of pyridine rings is 1. The van der Waals surface area contributed by atoms with E-state index in [0.29, 0.717) is 18.1 Å². The Bertz CT molecular complexity index is 437. The Morgan fingerprint density at radius 1 is 1.35 bits per heavy atom. The van der Waals surface area contributed by atoms with Crippen LogP contribution in [0.25, 0.3) is 0 Å². The summed E-state index contributed by atoms with van der Waals surface area (Å²) in [6.07, 6.45) is 7.89. The van der Waals surface area contributed by atoms with Crippen molar-refractivity contribution in [3.63, 3.8) is 0 Å². The maximum absolute atomic E-state index is 12.6. The quantitative estimate of drug-likeness (QED) is 0.828. The zero-order chi connectivity index (χ0) is 14.4.